The summed E-state index contributed by atoms with van der Waals surface area (Å²) in [4.78, 5) is 22.6. The zero-order valence-electron chi connectivity index (χ0n) is 13.5. The van der Waals surface area contributed by atoms with Crippen molar-refractivity contribution in [3.63, 3.8) is 0 Å². The molecule has 7 heteroatoms. The van der Waals surface area contributed by atoms with Crippen LogP contribution in [0.2, 0.25) is 5.15 Å². The lowest BCUT2D eigenvalue weighted by Gasteiger charge is -2.33. The lowest BCUT2D eigenvalue weighted by molar-refractivity contribution is 0.0500. The molecule has 1 aromatic heterocycles. The summed E-state index contributed by atoms with van der Waals surface area (Å²) in [6, 6.07) is 1.75. The number of nitrogens with one attached hydrogen (secondary N) is 1. The van der Waals surface area contributed by atoms with Crippen LogP contribution in [-0.4, -0.2) is 40.8 Å². The van der Waals surface area contributed by atoms with E-state index in [1.54, 1.807) is 6.07 Å². The normalized spacial score (nSPS) is 19.0. The molecule has 1 fully saturated rings. The third kappa shape index (κ3) is 5.02. The number of ether oxygens (including phenoxy) is 1. The minimum Gasteiger partial charge on any atom is -0.444 e. The second-order valence-corrected chi connectivity index (χ2v) is 6.95. The van der Waals surface area contributed by atoms with E-state index < -0.39 is 5.60 Å². The Hall–Kier alpha value is -1.56. The smallest absolute Gasteiger partial charge is 0.407 e. The van der Waals surface area contributed by atoms with Crippen molar-refractivity contribution in [3.8, 4) is 0 Å². The second kappa shape index (κ2) is 6.69. The predicted molar refractivity (Wildman–Crippen MR) is 86.4 cm³/mol. The first-order valence-electron chi connectivity index (χ1n) is 7.48. The number of alkyl carbamates (subject to hydrolysis) is 1. The number of amides is 1. The van der Waals surface area contributed by atoms with Gasteiger partial charge in [-0.3, -0.25) is 0 Å². The molecule has 2 rings (SSSR count). The van der Waals surface area contributed by atoms with E-state index in [1.807, 2.05) is 32.6 Å². The van der Waals surface area contributed by atoms with Crippen molar-refractivity contribution < 1.29 is 9.53 Å². The molecule has 1 saturated heterocycles. The highest BCUT2D eigenvalue weighted by Gasteiger charge is 2.25. The molecule has 0 aromatic carbocycles. The first kappa shape index (κ1) is 16.8. The lowest BCUT2D eigenvalue weighted by Crippen LogP contribution is -2.49. The van der Waals surface area contributed by atoms with Gasteiger partial charge in [-0.1, -0.05) is 11.6 Å². The minimum absolute atomic E-state index is 0.0199. The molecule has 0 unspecified atom stereocenters. The highest BCUT2D eigenvalue weighted by atomic mass is 35.5. The van der Waals surface area contributed by atoms with Crippen LogP contribution in [0.3, 0.4) is 0 Å². The van der Waals surface area contributed by atoms with Crippen LogP contribution in [0.1, 0.15) is 39.3 Å². The van der Waals surface area contributed by atoms with Gasteiger partial charge >= 0.3 is 6.09 Å². The topological polar surface area (TPSA) is 67.4 Å². The average Bonchev–Trinajstić information content (AvgIpc) is 2.35. The standard InChI is InChI=1S/C15H23ClN4O2/c1-10-8-12(16)19-13(17-10)20-7-5-6-11(9-20)18-14(21)22-15(2,3)4/h8,11H,5-7,9H2,1-4H3,(H,18,21)/t11-/m0/s1. The molecule has 1 atom stereocenters. The Morgan fingerprint density at radius 2 is 2.18 bits per heavy atom. The number of carbonyl (C=O) groups is 1. The quantitative estimate of drug-likeness (QED) is 0.846. The summed E-state index contributed by atoms with van der Waals surface area (Å²) in [6.07, 6.45) is 1.48. The van der Waals surface area contributed by atoms with Crippen LogP contribution in [0, 0.1) is 6.92 Å². The van der Waals surface area contributed by atoms with Gasteiger partial charge in [0.05, 0.1) is 0 Å². The second-order valence-electron chi connectivity index (χ2n) is 6.56. The van der Waals surface area contributed by atoms with Crippen LogP contribution in [0.25, 0.3) is 0 Å². The number of piperidine rings is 1. The van der Waals surface area contributed by atoms with Crippen LogP contribution < -0.4 is 10.2 Å². The number of aryl methyl sites for hydroxylation is 1. The van der Waals surface area contributed by atoms with Gasteiger partial charge in [0.25, 0.3) is 0 Å². The first-order valence-corrected chi connectivity index (χ1v) is 7.86. The van der Waals surface area contributed by atoms with Gasteiger partial charge in [-0.15, -0.1) is 0 Å². The summed E-state index contributed by atoms with van der Waals surface area (Å²) in [5, 5.41) is 3.35. The van der Waals surface area contributed by atoms with Crippen molar-refractivity contribution in [1.29, 1.82) is 0 Å². The van der Waals surface area contributed by atoms with Gasteiger partial charge in [-0.2, -0.15) is 0 Å². The van der Waals surface area contributed by atoms with Gasteiger partial charge in [-0.25, -0.2) is 14.8 Å². The van der Waals surface area contributed by atoms with Crippen LogP contribution in [0.5, 0.6) is 0 Å². The molecule has 1 amide bonds. The van der Waals surface area contributed by atoms with Crippen LogP contribution in [-0.2, 0) is 4.74 Å². The Bertz CT molecular complexity index is 525. The van der Waals surface area contributed by atoms with Crippen LogP contribution >= 0.6 is 11.6 Å². The van der Waals surface area contributed by atoms with Crippen molar-refractivity contribution in [1.82, 2.24) is 15.3 Å². The predicted octanol–water partition coefficient (Wildman–Crippen LogP) is 2.93. The number of rotatable bonds is 2. The summed E-state index contributed by atoms with van der Waals surface area (Å²) >= 11 is 6.00. The Labute approximate surface area is 136 Å². The monoisotopic (exact) mass is 326 g/mol. The zero-order chi connectivity index (χ0) is 16.3. The van der Waals surface area contributed by atoms with Gasteiger partial charge in [0, 0.05) is 24.8 Å². The molecule has 2 heterocycles. The highest BCUT2D eigenvalue weighted by Crippen LogP contribution is 2.19. The van der Waals surface area contributed by atoms with Gasteiger partial charge < -0.3 is 15.0 Å². The largest absolute Gasteiger partial charge is 0.444 e. The van der Waals surface area contributed by atoms with E-state index in [4.69, 9.17) is 16.3 Å². The molecule has 1 N–H and O–H groups in total. The Kier molecular flexibility index (Phi) is 5.11. The summed E-state index contributed by atoms with van der Waals surface area (Å²) < 4.78 is 5.30. The number of hydrogen-bond donors (Lipinski definition) is 1. The molecule has 0 radical (unpaired) electrons. The van der Waals surface area contributed by atoms with Crippen molar-refractivity contribution in [2.75, 3.05) is 18.0 Å². The Morgan fingerprint density at radius 1 is 1.45 bits per heavy atom. The van der Waals surface area contributed by atoms with Crippen molar-refractivity contribution in [2.24, 2.45) is 0 Å². The fraction of sp³-hybridized carbons (Fsp3) is 0.667. The third-order valence-electron chi connectivity index (χ3n) is 3.24. The maximum atomic E-state index is 11.9. The van der Waals surface area contributed by atoms with E-state index in [0.29, 0.717) is 17.6 Å². The van der Waals surface area contributed by atoms with E-state index in [1.165, 1.54) is 0 Å². The molecule has 22 heavy (non-hydrogen) atoms. The van der Waals surface area contributed by atoms with Gasteiger partial charge in [0.1, 0.15) is 10.8 Å². The lowest BCUT2D eigenvalue weighted by atomic mass is 10.1. The van der Waals surface area contributed by atoms with Crippen molar-refractivity contribution in [3.05, 3.63) is 16.9 Å². The number of anilines is 1. The van der Waals surface area contributed by atoms with E-state index in [-0.39, 0.29) is 12.1 Å². The molecule has 0 aliphatic carbocycles. The summed E-state index contributed by atoms with van der Waals surface area (Å²) in [7, 11) is 0. The molecule has 1 aliphatic rings. The van der Waals surface area contributed by atoms with Gasteiger partial charge in [-0.05, 0) is 46.6 Å². The van der Waals surface area contributed by atoms with E-state index in [2.05, 4.69) is 15.3 Å². The molecular weight excluding hydrogens is 304 g/mol. The molecule has 0 saturated carbocycles. The fourth-order valence-electron chi connectivity index (χ4n) is 2.41. The van der Waals surface area contributed by atoms with Crippen LogP contribution in [0.15, 0.2) is 6.07 Å². The number of hydrogen-bond acceptors (Lipinski definition) is 5. The SMILES string of the molecule is Cc1cc(Cl)nc(N2CCC[C@H](NC(=O)OC(C)(C)C)C2)n1. The van der Waals surface area contributed by atoms with Crippen molar-refractivity contribution >= 4 is 23.6 Å². The summed E-state index contributed by atoms with van der Waals surface area (Å²) in [6.45, 7) is 8.94. The first-order chi connectivity index (χ1) is 10.2. The van der Waals surface area contributed by atoms with E-state index in [0.717, 1.165) is 25.1 Å². The van der Waals surface area contributed by atoms with E-state index >= 15 is 0 Å². The molecule has 1 aromatic rings. The van der Waals surface area contributed by atoms with E-state index in [9.17, 15) is 4.79 Å². The Balaban J connectivity index is 1.98. The molecular formula is C15H23ClN4O2. The Morgan fingerprint density at radius 3 is 2.82 bits per heavy atom. The summed E-state index contributed by atoms with van der Waals surface area (Å²) in [5.74, 6) is 0.612. The number of aromatic nitrogens is 2. The van der Waals surface area contributed by atoms with Crippen molar-refractivity contribution in [2.45, 2.75) is 52.2 Å². The molecule has 6 nitrogen and oxygen atoms in total. The number of nitrogens with zero attached hydrogens (tertiary/aromatic N) is 3. The molecule has 1 aliphatic heterocycles. The van der Waals surface area contributed by atoms with Crippen LogP contribution in [0.4, 0.5) is 10.7 Å². The number of halogens is 1. The fourth-order valence-corrected chi connectivity index (χ4v) is 2.64. The van der Waals surface area contributed by atoms with Gasteiger partial charge in [0.2, 0.25) is 5.95 Å². The van der Waals surface area contributed by atoms with Gasteiger partial charge in [0.15, 0.2) is 0 Å². The number of carbonyl (C=O) groups excluding carboxylic acids is 1. The average molecular weight is 327 g/mol. The third-order valence-corrected chi connectivity index (χ3v) is 3.43. The maximum Gasteiger partial charge on any atom is 0.407 e. The highest BCUT2D eigenvalue weighted by molar-refractivity contribution is 6.29. The molecule has 122 valence electrons. The zero-order valence-corrected chi connectivity index (χ0v) is 14.3. The molecule has 0 spiro atoms. The summed E-state index contributed by atoms with van der Waals surface area (Å²) in [5.41, 5.74) is 0.336. The molecule has 0 bridgehead atoms. The minimum atomic E-state index is -0.494. The maximum absolute atomic E-state index is 11.9.